The second-order valence-corrected chi connectivity index (χ2v) is 5.55. The molecular weight excluding hydrogens is 406 g/mol. The summed E-state index contributed by atoms with van der Waals surface area (Å²) in [4.78, 5) is 10.6. The van der Waals surface area contributed by atoms with Crippen LogP contribution >= 0.6 is 31.9 Å². The van der Waals surface area contributed by atoms with Gasteiger partial charge >= 0.3 is 5.69 Å². The second-order valence-electron chi connectivity index (χ2n) is 4.08. The van der Waals surface area contributed by atoms with Crippen LogP contribution in [0.4, 0.5) is 5.69 Å². The second kappa shape index (κ2) is 6.91. The standard InChI is InChI=1S/C14H11Br2NO4/c1-20-11-3-4-12(17(18)19)14(7-11)21-13-5-2-10(16)6-9(13)8-15/h2-7H,8H2,1H3. The average Bonchev–Trinajstić information content (AvgIpc) is 2.48. The van der Waals surface area contributed by atoms with Crippen molar-refractivity contribution in [2.45, 2.75) is 5.33 Å². The van der Waals surface area contributed by atoms with Crippen LogP contribution in [0.25, 0.3) is 0 Å². The Bertz CT molecular complexity index is 676. The third kappa shape index (κ3) is 3.74. The Hall–Kier alpha value is -1.60. The number of nitrogens with zero attached hydrogens (tertiary/aromatic N) is 1. The van der Waals surface area contributed by atoms with E-state index < -0.39 is 4.92 Å². The fraction of sp³-hybridized carbons (Fsp3) is 0.143. The number of halogens is 2. The van der Waals surface area contributed by atoms with Crippen LogP contribution in [0.3, 0.4) is 0 Å². The number of hydrogen-bond acceptors (Lipinski definition) is 4. The molecule has 0 N–H and O–H groups in total. The number of ether oxygens (including phenoxy) is 2. The Balaban J connectivity index is 2.45. The fourth-order valence-corrected chi connectivity index (χ4v) is 2.57. The lowest BCUT2D eigenvalue weighted by Gasteiger charge is -2.11. The summed E-state index contributed by atoms with van der Waals surface area (Å²) < 4.78 is 11.7. The van der Waals surface area contributed by atoms with E-state index in [0.717, 1.165) is 10.0 Å². The summed E-state index contributed by atoms with van der Waals surface area (Å²) in [6, 6.07) is 9.84. The molecule has 2 aromatic rings. The van der Waals surface area contributed by atoms with Gasteiger partial charge < -0.3 is 9.47 Å². The summed E-state index contributed by atoms with van der Waals surface area (Å²) in [6.07, 6.45) is 0. The maximum Gasteiger partial charge on any atom is 0.311 e. The predicted octanol–water partition coefficient (Wildman–Crippen LogP) is 5.05. The van der Waals surface area contributed by atoms with Crippen molar-refractivity contribution < 1.29 is 14.4 Å². The van der Waals surface area contributed by atoms with E-state index in [1.807, 2.05) is 12.1 Å². The van der Waals surface area contributed by atoms with Crippen LogP contribution in [0.15, 0.2) is 40.9 Å². The maximum absolute atomic E-state index is 11.1. The van der Waals surface area contributed by atoms with Gasteiger partial charge in [-0.2, -0.15) is 0 Å². The zero-order chi connectivity index (χ0) is 15.4. The quantitative estimate of drug-likeness (QED) is 0.388. The van der Waals surface area contributed by atoms with E-state index in [1.165, 1.54) is 25.3 Å². The Morgan fingerprint density at radius 3 is 2.57 bits per heavy atom. The minimum Gasteiger partial charge on any atom is -0.497 e. The number of benzene rings is 2. The van der Waals surface area contributed by atoms with Crippen LogP contribution in [0.1, 0.15) is 5.56 Å². The zero-order valence-electron chi connectivity index (χ0n) is 11.0. The van der Waals surface area contributed by atoms with Crippen LogP contribution in [0, 0.1) is 10.1 Å². The van der Waals surface area contributed by atoms with Crippen molar-refractivity contribution in [2.75, 3.05) is 7.11 Å². The molecule has 0 bridgehead atoms. The van der Waals surface area contributed by atoms with Gasteiger partial charge in [0.1, 0.15) is 11.5 Å². The summed E-state index contributed by atoms with van der Waals surface area (Å²) >= 11 is 6.75. The zero-order valence-corrected chi connectivity index (χ0v) is 14.2. The summed E-state index contributed by atoms with van der Waals surface area (Å²) in [5.41, 5.74) is 0.765. The van der Waals surface area contributed by atoms with Gasteiger partial charge in [-0.05, 0) is 24.3 Å². The monoisotopic (exact) mass is 415 g/mol. The van der Waals surface area contributed by atoms with E-state index in [2.05, 4.69) is 31.9 Å². The molecule has 0 amide bonds. The van der Waals surface area contributed by atoms with Crippen molar-refractivity contribution in [3.63, 3.8) is 0 Å². The van der Waals surface area contributed by atoms with Crippen molar-refractivity contribution in [1.29, 1.82) is 0 Å². The Morgan fingerprint density at radius 2 is 1.95 bits per heavy atom. The van der Waals surface area contributed by atoms with Crippen molar-refractivity contribution >= 4 is 37.5 Å². The molecule has 7 heteroatoms. The highest BCUT2D eigenvalue weighted by Crippen LogP contribution is 2.37. The van der Waals surface area contributed by atoms with E-state index in [1.54, 1.807) is 6.07 Å². The highest BCUT2D eigenvalue weighted by atomic mass is 79.9. The van der Waals surface area contributed by atoms with E-state index in [-0.39, 0.29) is 11.4 Å². The molecule has 0 radical (unpaired) electrons. The minimum atomic E-state index is -0.485. The van der Waals surface area contributed by atoms with Gasteiger partial charge in [-0.15, -0.1) is 0 Å². The van der Waals surface area contributed by atoms with Crippen LogP contribution in [0.5, 0.6) is 17.2 Å². The van der Waals surface area contributed by atoms with Crippen LogP contribution in [0.2, 0.25) is 0 Å². The van der Waals surface area contributed by atoms with E-state index in [9.17, 15) is 10.1 Å². The maximum atomic E-state index is 11.1. The van der Waals surface area contributed by atoms with E-state index in [4.69, 9.17) is 9.47 Å². The summed E-state index contributed by atoms with van der Waals surface area (Å²) in [5, 5.41) is 11.7. The fourth-order valence-electron chi connectivity index (χ4n) is 1.72. The molecule has 0 saturated carbocycles. The van der Waals surface area contributed by atoms with Crippen LogP contribution in [-0.2, 0) is 5.33 Å². The number of nitro groups is 1. The third-order valence-corrected chi connectivity index (χ3v) is 3.85. The molecule has 0 aliphatic heterocycles. The van der Waals surface area contributed by atoms with E-state index in [0.29, 0.717) is 16.8 Å². The van der Waals surface area contributed by atoms with Crippen molar-refractivity contribution in [2.24, 2.45) is 0 Å². The Morgan fingerprint density at radius 1 is 1.19 bits per heavy atom. The number of alkyl halides is 1. The lowest BCUT2D eigenvalue weighted by Crippen LogP contribution is -1.96. The van der Waals surface area contributed by atoms with Crippen molar-refractivity contribution in [3.8, 4) is 17.2 Å². The normalized spacial score (nSPS) is 10.2. The third-order valence-electron chi connectivity index (χ3n) is 2.75. The first-order valence-corrected chi connectivity index (χ1v) is 7.81. The van der Waals surface area contributed by atoms with Crippen LogP contribution in [-0.4, -0.2) is 12.0 Å². The van der Waals surface area contributed by atoms with Crippen LogP contribution < -0.4 is 9.47 Å². The Labute approximate surface area is 138 Å². The number of nitro benzene ring substituents is 1. The van der Waals surface area contributed by atoms with E-state index >= 15 is 0 Å². The van der Waals surface area contributed by atoms with Gasteiger partial charge in [-0.25, -0.2) is 0 Å². The molecule has 0 saturated heterocycles. The number of methoxy groups -OCH3 is 1. The molecule has 0 aliphatic rings. The highest BCUT2D eigenvalue weighted by Gasteiger charge is 2.18. The predicted molar refractivity (Wildman–Crippen MR) is 86.5 cm³/mol. The summed E-state index contributed by atoms with van der Waals surface area (Å²) in [6.45, 7) is 0. The summed E-state index contributed by atoms with van der Waals surface area (Å²) in [7, 11) is 1.49. The molecule has 2 rings (SSSR count). The highest BCUT2D eigenvalue weighted by molar-refractivity contribution is 9.10. The van der Waals surface area contributed by atoms with Gasteiger partial charge in [-0.1, -0.05) is 31.9 Å². The number of hydrogen-bond donors (Lipinski definition) is 0. The van der Waals surface area contributed by atoms with Crippen molar-refractivity contribution in [1.82, 2.24) is 0 Å². The molecule has 0 heterocycles. The minimum absolute atomic E-state index is 0.112. The first kappa shape index (κ1) is 15.8. The first-order chi connectivity index (χ1) is 10.0. The molecule has 0 unspecified atom stereocenters. The lowest BCUT2D eigenvalue weighted by atomic mass is 10.2. The molecule has 0 fully saturated rings. The molecule has 2 aromatic carbocycles. The molecule has 110 valence electrons. The number of rotatable bonds is 5. The van der Waals surface area contributed by atoms with Gasteiger partial charge in [-0.3, -0.25) is 10.1 Å². The van der Waals surface area contributed by atoms with Crippen molar-refractivity contribution in [3.05, 3.63) is 56.5 Å². The van der Waals surface area contributed by atoms with Gasteiger partial charge in [0.05, 0.1) is 12.0 Å². The molecular formula is C14H11Br2NO4. The molecule has 0 aliphatic carbocycles. The van der Waals surface area contributed by atoms with Gasteiger partial charge in [0, 0.05) is 27.5 Å². The van der Waals surface area contributed by atoms with Gasteiger partial charge in [0.15, 0.2) is 0 Å². The Kier molecular flexibility index (Phi) is 5.19. The largest absolute Gasteiger partial charge is 0.497 e. The molecule has 5 nitrogen and oxygen atoms in total. The lowest BCUT2D eigenvalue weighted by molar-refractivity contribution is -0.385. The topological polar surface area (TPSA) is 61.6 Å². The van der Waals surface area contributed by atoms with Gasteiger partial charge in [0.25, 0.3) is 0 Å². The SMILES string of the molecule is COc1ccc([N+](=O)[O-])c(Oc2ccc(Br)cc2CBr)c1. The molecule has 0 atom stereocenters. The average molecular weight is 417 g/mol. The smallest absolute Gasteiger partial charge is 0.311 e. The molecule has 0 aromatic heterocycles. The first-order valence-electron chi connectivity index (χ1n) is 5.90. The van der Waals surface area contributed by atoms with Gasteiger partial charge in [0.2, 0.25) is 5.75 Å². The summed E-state index contributed by atoms with van der Waals surface area (Å²) in [5.74, 6) is 1.18. The molecule has 0 spiro atoms. The molecule has 21 heavy (non-hydrogen) atoms.